The van der Waals surface area contributed by atoms with Crippen molar-refractivity contribution in [2.45, 2.75) is 44.7 Å². The highest BCUT2D eigenvalue weighted by atomic mass is 16.4. The summed E-state index contributed by atoms with van der Waals surface area (Å²) in [5, 5.41) is 9.87. The number of nitrogens with zero attached hydrogens (tertiary/aromatic N) is 3. The third-order valence-electron chi connectivity index (χ3n) is 6.20. The van der Waals surface area contributed by atoms with E-state index in [2.05, 4.69) is 30.0 Å². The van der Waals surface area contributed by atoms with Crippen LogP contribution in [0.1, 0.15) is 38.2 Å². The van der Waals surface area contributed by atoms with Crippen LogP contribution in [0.2, 0.25) is 0 Å². The molecule has 0 bridgehead atoms. The van der Waals surface area contributed by atoms with Crippen molar-refractivity contribution in [2.24, 2.45) is 5.92 Å². The molecule has 2 unspecified atom stereocenters. The second-order valence-electron chi connectivity index (χ2n) is 8.51. The molecule has 0 aromatic heterocycles. The molecule has 2 atom stereocenters. The molecule has 0 spiro atoms. The highest BCUT2D eigenvalue weighted by molar-refractivity contribution is 5.75. The summed E-state index contributed by atoms with van der Waals surface area (Å²) in [6.45, 7) is 4.57. The molecule has 1 aromatic rings. The largest absolute Gasteiger partial charge is 0.465 e. The fraction of sp³-hybridized carbons (Fsp3) is 0.565. The Labute approximate surface area is 173 Å². The maximum absolute atomic E-state index is 12.0. The van der Waals surface area contributed by atoms with Gasteiger partial charge in [-0.05, 0) is 31.7 Å². The number of carbonyl (C=O) groups excluding carboxylic acids is 1. The molecular weight excluding hydrogens is 366 g/mol. The lowest BCUT2D eigenvalue weighted by molar-refractivity contribution is -0.129. The zero-order chi connectivity index (χ0) is 21.0. The van der Waals surface area contributed by atoms with Crippen molar-refractivity contribution in [3.8, 4) is 0 Å². The smallest absolute Gasteiger partial charge is 0.407 e. The van der Waals surface area contributed by atoms with Crippen LogP contribution in [0.5, 0.6) is 0 Å². The highest BCUT2D eigenvalue weighted by Gasteiger charge is 2.47. The number of piperidine rings is 1. The molecule has 1 aliphatic carbocycles. The number of amides is 2. The molecule has 1 aromatic carbocycles. The maximum Gasteiger partial charge on any atom is 0.407 e. The number of benzene rings is 1. The van der Waals surface area contributed by atoms with Crippen LogP contribution in [-0.2, 0) is 4.79 Å². The average molecular weight is 400 g/mol. The fourth-order valence-electron chi connectivity index (χ4n) is 4.36. The Bertz CT molecular complexity index is 739. The van der Waals surface area contributed by atoms with Gasteiger partial charge in [0.15, 0.2) is 0 Å². The average Bonchev–Trinajstić information content (AvgIpc) is 3.48. The van der Waals surface area contributed by atoms with E-state index in [0.717, 1.165) is 44.5 Å². The van der Waals surface area contributed by atoms with Gasteiger partial charge in [-0.15, -0.1) is 0 Å². The predicted octanol–water partition coefficient (Wildman–Crippen LogP) is 3.40. The minimum Gasteiger partial charge on any atom is -0.465 e. The fourth-order valence-corrected chi connectivity index (χ4v) is 4.36. The first-order chi connectivity index (χ1) is 13.9. The second-order valence-corrected chi connectivity index (χ2v) is 8.51. The summed E-state index contributed by atoms with van der Waals surface area (Å²) in [5.41, 5.74) is 2.42. The van der Waals surface area contributed by atoms with Gasteiger partial charge in [-0.25, -0.2) is 4.79 Å². The lowest BCUT2D eigenvalue weighted by Gasteiger charge is -2.37. The Morgan fingerprint density at radius 3 is 2.41 bits per heavy atom. The normalized spacial score (nSPS) is 22.9. The third-order valence-corrected chi connectivity index (χ3v) is 6.20. The summed E-state index contributed by atoms with van der Waals surface area (Å²) in [5.74, 6) is 0.461. The molecule has 1 saturated carbocycles. The maximum atomic E-state index is 12.0. The monoisotopic (exact) mass is 399 g/mol. The highest BCUT2D eigenvalue weighted by Crippen LogP contribution is 2.44. The first kappa shape index (κ1) is 21.4. The second kappa shape index (κ2) is 9.44. The minimum absolute atomic E-state index is 0.0767. The first-order valence-electron chi connectivity index (χ1n) is 10.5. The molecule has 0 radical (unpaired) electrons. The van der Waals surface area contributed by atoms with Crippen molar-refractivity contribution in [1.82, 2.24) is 14.7 Å². The van der Waals surface area contributed by atoms with Gasteiger partial charge in [0.25, 0.3) is 0 Å². The van der Waals surface area contributed by atoms with Gasteiger partial charge in [0.05, 0.1) is 0 Å². The van der Waals surface area contributed by atoms with E-state index >= 15 is 0 Å². The quantitative estimate of drug-likeness (QED) is 0.763. The van der Waals surface area contributed by atoms with Crippen LogP contribution < -0.4 is 0 Å². The molecule has 2 fully saturated rings. The molecule has 1 saturated heterocycles. The van der Waals surface area contributed by atoms with E-state index in [1.165, 1.54) is 5.57 Å². The van der Waals surface area contributed by atoms with Crippen molar-refractivity contribution in [1.29, 1.82) is 0 Å². The summed E-state index contributed by atoms with van der Waals surface area (Å²) in [6, 6.07) is 10.4. The van der Waals surface area contributed by atoms with Gasteiger partial charge in [-0.3, -0.25) is 4.79 Å². The van der Waals surface area contributed by atoms with Crippen molar-refractivity contribution in [3.05, 3.63) is 41.5 Å². The summed E-state index contributed by atoms with van der Waals surface area (Å²) in [7, 11) is 3.55. The number of hydrogen-bond acceptors (Lipinski definition) is 3. The van der Waals surface area contributed by atoms with E-state index in [9.17, 15) is 14.7 Å². The molecule has 1 N–H and O–H groups in total. The van der Waals surface area contributed by atoms with Crippen LogP contribution in [0.3, 0.4) is 0 Å². The Hall–Kier alpha value is -2.34. The van der Waals surface area contributed by atoms with Crippen LogP contribution >= 0.6 is 0 Å². The lowest BCUT2D eigenvalue weighted by atomic mass is 10.0. The zero-order valence-corrected chi connectivity index (χ0v) is 17.8. The SMILES string of the molecule is C/C(=C\c1ccccc1)C1CC1N(C(=O)O)C1CCN(CCC(=O)N(C)C)CC1. The van der Waals surface area contributed by atoms with Crippen molar-refractivity contribution < 1.29 is 14.7 Å². The number of carbonyl (C=O) groups is 2. The Kier molecular flexibility index (Phi) is 6.96. The third kappa shape index (κ3) is 5.60. The van der Waals surface area contributed by atoms with Crippen molar-refractivity contribution >= 4 is 18.1 Å². The summed E-state index contributed by atoms with van der Waals surface area (Å²) >= 11 is 0. The topological polar surface area (TPSA) is 64.1 Å². The molecule has 29 heavy (non-hydrogen) atoms. The standard InChI is InChI=1S/C23H33N3O3/c1-17(15-18-7-5-4-6-8-18)20-16-21(20)26(23(28)29)19-9-12-25(13-10-19)14-11-22(27)24(2)3/h4-8,15,19-21H,9-14,16H2,1-3H3,(H,28,29)/b17-15+. The molecule has 2 amide bonds. The summed E-state index contributed by atoms with van der Waals surface area (Å²) in [6.07, 6.45) is 4.49. The van der Waals surface area contributed by atoms with Crippen LogP contribution in [0.15, 0.2) is 35.9 Å². The minimum atomic E-state index is -0.800. The van der Waals surface area contributed by atoms with Gasteiger partial charge in [-0.1, -0.05) is 42.0 Å². The first-order valence-corrected chi connectivity index (χ1v) is 10.5. The van der Waals surface area contributed by atoms with E-state index in [-0.39, 0.29) is 18.0 Å². The number of carboxylic acid groups (broad SMARTS) is 1. The van der Waals surface area contributed by atoms with E-state index in [0.29, 0.717) is 12.3 Å². The van der Waals surface area contributed by atoms with Crippen LogP contribution in [-0.4, -0.2) is 77.6 Å². The molecule has 2 aliphatic rings. The summed E-state index contributed by atoms with van der Waals surface area (Å²) < 4.78 is 0. The molecular formula is C23H33N3O3. The lowest BCUT2D eigenvalue weighted by Crippen LogP contribution is -2.48. The van der Waals surface area contributed by atoms with Crippen LogP contribution in [0.25, 0.3) is 6.08 Å². The van der Waals surface area contributed by atoms with Gasteiger partial charge in [-0.2, -0.15) is 0 Å². The van der Waals surface area contributed by atoms with Gasteiger partial charge >= 0.3 is 6.09 Å². The van der Waals surface area contributed by atoms with Crippen molar-refractivity contribution in [2.75, 3.05) is 33.7 Å². The van der Waals surface area contributed by atoms with Gasteiger partial charge in [0.1, 0.15) is 0 Å². The van der Waals surface area contributed by atoms with E-state index < -0.39 is 6.09 Å². The molecule has 158 valence electrons. The molecule has 3 rings (SSSR count). The number of likely N-dealkylation sites (tertiary alicyclic amines) is 1. The number of rotatable bonds is 7. The zero-order valence-electron chi connectivity index (χ0n) is 17.8. The van der Waals surface area contributed by atoms with Crippen LogP contribution in [0, 0.1) is 5.92 Å². The number of hydrogen-bond donors (Lipinski definition) is 1. The van der Waals surface area contributed by atoms with Gasteiger partial charge in [0, 0.05) is 58.2 Å². The van der Waals surface area contributed by atoms with Gasteiger partial charge in [0.2, 0.25) is 5.91 Å². The molecule has 1 heterocycles. The van der Waals surface area contributed by atoms with Gasteiger partial charge < -0.3 is 19.8 Å². The predicted molar refractivity (Wildman–Crippen MR) is 115 cm³/mol. The molecule has 6 nitrogen and oxygen atoms in total. The molecule has 1 aliphatic heterocycles. The van der Waals surface area contributed by atoms with Crippen LogP contribution in [0.4, 0.5) is 4.79 Å². The Morgan fingerprint density at radius 1 is 1.17 bits per heavy atom. The van der Waals surface area contributed by atoms with E-state index in [1.54, 1.807) is 23.9 Å². The Balaban J connectivity index is 1.53. The van der Waals surface area contributed by atoms with E-state index in [4.69, 9.17) is 0 Å². The Morgan fingerprint density at radius 2 is 1.83 bits per heavy atom. The van der Waals surface area contributed by atoms with E-state index in [1.807, 2.05) is 18.2 Å². The molecule has 6 heteroatoms. The van der Waals surface area contributed by atoms with Crippen molar-refractivity contribution in [3.63, 3.8) is 0 Å². The summed E-state index contributed by atoms with van der Waals surface area (Å²) in [4.78, 5) is 29.4.